The number of benzene rings is 1. The van der Waals surface area contributed by atoms with Crippen LogP contribution in [0.1, 0.15) is 0 Å². The third-order valence-electron chi connectivity index (χ3n) is 4.07. The predicted molar refractivity (Wildman–Crippen MR) is 93.0 cm³/mol. The van der Waals surface area contributed by atoms with Crippen molar-refractivity contribution in [3.8, 4) is 17.0 Å². The van der Waals surface area contributed by atoms with Gasteiger partial charge >= 0.3 is 0 Å². The summed E-state index contributed by atoms with van der Waals surface area (Å²) in [6.07, 6.45) is 1.47. The number of nitrogens with one attached hydrogen (secondary N) is 2. The van der Waals surface area contributed by atoms with Gasteiger partial charge in [-0.15, -0.1) is 0 Å². The van der Waals surface area contributed by atoms with Crippen LogP contribution in [0, 0.1) is 5.82 Å². The van der Waals surface area contributed by atoms with Gasteiger partial charge in [0, 0.05) is 23.9 Å². The molecule has 3 heterocycles. The summed E-state index contributed by atoms with van der Waals surface area (Å²) in [5.74, 6) is -1.73. The van der Waals surface area contributed by atoms with Gasteiger partial charge in [-0.05, 0) is 18.2 Å². The average Bonchev–Trinajstić information content (AvgIpc) is 3.07. The fourth-order valence-electron chi connectivity index (χ4n) is 2.72. The van der Waals surface area contributed by atoms with E-state index < -0.39 is 24.8 Å². The maximum absolute atomic E-state index is 14.2. The number of ether oxygens (including phenoxy) is 1. The van der Waals surface area contributed by atoms with Crippen molar-refractivity contribution >= 4 is 17.6 Å². The molecule has 0 unspecified atom stereocenters. The number of aromatic amines is 1. The van der Waals surface area contributed by atoms with Crippen molar-refractivity contribution in [3.63, 3.8) is 0 Å². The van der Waals surface area contributed by atoms with Crippen LogP contribution in [0.3, 0.4) is 0 Å². The highest BCUT2D eigenvalue weighted by molar-refractivity contribution is 5.66. The van der Waals surface area contributed by atoms with Crippen LogP contribution >= 0.6 is 0 Å². The summed E-state index contributed by atoms with van der Waals surface area (Å²) in [7, 11) is 1.46. The van der Waals surface area contributed by atoms with Gasteiger partial charge in [-0.3, -0.25) is 5.10 Å². The number of nitrogens with zero attached hydrogens (tertiary/aromatic N) is 4. The lowest BCUT2D eigenvalue weighted by molar-refractivity contribution is -0.0271. The first-order chi connectivity index (χ1) is 12.9. The minimum atomic E-state index is -2.70. The number of alkyl halides is 2. The second-order valence-corrected chi connectivity index (χ2v) is 6.09. The fraction of sp³-hybridized carbons (Fsp3) is 0.235. The number of methoxy groups -OCH3 is 1. The fourth-order valence-corrected chi connectivity index (χ4v) is 2.72. The molecule has 0 spiro atoms. The van der Waals surface area contributed by atoms with Crippen LogP contribution < -0.4 is 15.0 Å². The van der Waals surface area contributed by atoms with E-state index in [1.54, 1.807) is 24.3 Å². The molecule has 4 rings (SSSR count). The Bertz CT molecular complexity index is 969. The van der Waals surface area contributed by atoms with E-state index >= 15 is 0 Å². The highest BCUT2D eigenvalue weighted by Crippen LogP contribution is 2.30. The first-order valence-electron chi connectivity index (χ1n) is 8.06. The largest absolute Gasteiger partial charge is 0.497 e. The molecule has 0 atom stereocenters. The lowest BCUT2D eigenvalue weighted by Crippen LogP contribution is -2.57. The number of hydrogen-bond acceptors (Lipinski definition) is 6. The summed E-state index contributed by atoms with van der Waals surface area (Å²) >= 11 is 0. The molecule has 0 radical (unpaired) electrons. The number of hydrogen-bond donors (Lipinski definition) is 2. The first-order valence-corrected chi connectivity index (χ1v) is 8.06. The summed E-state index contributed by atoms with van der Waals surface area (Å²) in [6.45, 7) is -0.806. The van der Waals surface area contributed by atoms with Crippen LogP contribution in [0.4, 0.5) is 30.8 Å². The molecule has 10 heteroatoms. The highest BCUT2D eigenvalue weighted by Gasteiger charge is 2.45. The van der Waals surface area contributed by atoms with Gasteiger partial charge in [0.1, 0.15) is 17.4 Å². The number of halogens is 3. The maximum atomic E-state index is 14.2. The molecule has 2 N–H and O–H groups in total. The van der Waals surface area contributed by atoms with Gasteiger partial charge in [-0.25, -0.2) is 18.2 Å². The standard InChI is InChI=1S/C17H15F3N6O/c1-27-10-2-3-11(12(18)6-10)13-7-15(25-24-13)22-14-4-5-21-16(23-14)26-8-17(19,20)9-26/h2-7H,8-9H2,1H3,(H2,21,22,23,24,25). The Kier molecular flexibility index (Phi) is 4.09. The minimum absolute atomic E-state index is 0.211. The van der Waals surface area contributed by atoms with E-state index in [9.17, 15) is 13.2 Å². The van der Waals surface area contributed by atoms with Gasteiger partial charge in [-0.1, -0.05) is 0 Å². The molecule has 2 aromatic heterocycles. The van der Waals surface area contributed by atoms with E-state index in [0.29, 0.717) is 28.6 Å². The summed E-state index contributed by atoms with van der Waals surface area (Å²) in [4.78, 5) is 9.59. The van der Waals surface area contributed by atoms with Crippen LogP contribution in [0.2, 0.25) is 0 Å². The van der Waals surface area contributed by atoms with Gasteiger partial charge in [0.2, 0.25) is 5.95 Å². The molecule has 0 aliphatic carbocycles. The molecule has 0 amide bonds. The van der Waals surface area contributed by atoms with E-state index in [2.05, 4.69) is 25.5 Å². The molecular formula is C17H15F3N6O. The number of aromatic nitrogens is 4. The van der Waals surface area contributed by atoms with Crippen molar-refractivity contribution in [1.29, 1.82) is 0 Å². The molecule has 140 valence electrons. The lowest BCUT2D eigenvalue weighted by atomic mass is 10.1. The lowest BCUT2D eigenvalue weighted by Gasteiger charge is -2.38. The molecular weight excluding hydrogens is 361 g/mol. The van der Waals surface area contributed by atoms with Crippen molar-refractivity contribution in [2.45, 2.75) is 5.92 Å². The predicted octanol–water partition coefficient (Wildman–Crippen LogP) is 3.21. The van der Waals surface area contributed by atoms with E-state index in [4.69, 9.17) is 4.74 Å². The zero-order valence-electron chi connectivity index (χ0n) is 14.2. The van der Waals surface area contributed by atoms with Crippen molar-refractivity contribution in [2.75, 3.05) is 30.4 Å². The third kappa shape index (κ3) is 3.50. The van der Waals surface area contributed by atoms with Gasteiger partial charge in [0.25, 0.3) is 5.92 Å². The van der Waals surface area contributed by atoms with Crippen molar-refractivity contribution in [3.05, 3.63) is 42.3 Å². The highest BCUT2D eigenvalue weighted by atomic mass is 19.3. The van der Waals surface area contributed by atoms with Crippen LogP contribution in [0.25, 0.3) is 11.3 Å². The molecule has 0 bridgehead atoms. The van der Waals surface area contributed by atoms with Crippen LogP contribution in [0.15, 0.2) is 36.5 Å². The molecule has 3 aromatic rings. The topological polar surface area (TPSA) is 79.0 Å². The Hall–Kier alpha value is -3.30. The van der Waals surface area contributed by atoms with Gasteiger partial charge in [0.15, 0.2) is 5.82 Å². The number of rotatable bonds is 5. The smallest absolute Gasteiger partial charge is 0.282 e. The molecule has 7 nitrogen and oxygen atoms in total. The van der Waals surface area contributed by atoms with Crippen molar-refractivity contribution in [1.82, 2.24) is 20.2 Å². The summed E-state index contributed by atoms with van der Waals surface area (Å²) in [5.41, 5.74) is 0.803. The molecule has 1 aromatic carbocycles. The molecule has 27 heavy (non-hydrogen) atoms. The number of anilines is 3. The molecule has 1 saturated heterocycles. The third-order valence-corrected chi connectivity index (χ3v) is 4.07. The Morgan fingerprint density at radius 2 is 2.00 bits per heavy atom. The normalized spacial score (nSPS) is 15.3. The SMILES string of the molecule is COc1ccc(-c2cc(Nc3ccnc(N4CC(F)(F)C4)n3)n[nH]2)c(F)c1. The Balaban J connectivity index is 1.50. The first kappa shape index (κ1) is 17.1. The summed E-state index contributed by atoms with van der Waals surface area (Å²) in [6, 6.07) is 7.71. The summed E-state index contributed by atoms with van der Waals surface area (Å²) in [5, 5.41) is 9.77. The zero-order chi connectivity index (χ0) is 19.0. The van der Waals surface area contributed by atoms with Crippen LogP contribution in [-0.4, -0.2) is 46.3 Å². The second kappa shape index (κ2) is 6.45. The summed E-state index contributed by atoms with van der Waals surface area (Å²) < 4.78 is 45.2. The average molecular weight is 376 g/mol. The Morgan fingerprint density at radius 3 is 2.70 bits per heavy atom. The number of H-pyrrole nitrogens is 1. The second-order valence-electron chi connectivity index (χ2n) is 6.09. The van der Waals surface area contributed by atoms with Gasteiger partial charge in [0.05, 0.1) is 25.9 Å². The molecule has 1 aliphatic rings. The molecule has 0 saturated carbocycles. The van der Waals surface area contributed by atoms with E-state index in [1.807, 2.05) is 0 Å². The quantitative estimate of drug-likeness (QED) is 0.712. The van der Waals surface area contributed by atoms with Crippen LogP contribution in [0.5, 0.6) is 5.75 Å². The zero-order valence-corrected chi connectivity index (χ0v) is 14.2. The maximum Gasteiger partial charge on any atom is 0.282 e. The van der Waals surface area contributed by atoms with E-state index in [1.165, 1.54) is 24.3 Å². The monoisotopic (exact) mass is 376 g/mol. The molecule has 1 fully saturated rings. The van der Waals surface area contributed by atoms with Crippen LogP contribution in [-0.2, 0) is 0 Å². The van der Waals surface area contributed by atoms with Crippen molar-refractivity contribution in [2.24, 2.45) is 0 Å². The Morgan fingerprint density at radius 1 is 1.19 bits per heavy atom. The Labute approximate surface area is 152 Å². The van der Waals surface area contributed by atoms with Gasteiger partial charge < -0.3 is 15.0 Å². The van der Waals surface area contributed by atoms with Gasteiger partial charge in [-0.2, -0.15) is 10.1 Å². The van der Waals surface area contributed by atoms with E-state index in [0.717, 1.165) is 0 Å². The minimum Gasteiger partial charge on any atom is -0.497 e. The van der Waals surface area contributed by atoms with E-state index in [-0.39, 0.29) is 5.95 Å². The van der Waals surface area contributed by atoms with Crippen molar-refractivity contribution < 1.29 is 17.9 Å². The molecule has 1 aliphatic heterocycles.